The molecule has 0 saturated carbocycles. The van der Waals surface area contributed by atoms with E-state index >= 15 is 4.39 Å². The van der Waals surface area contributed by atoms with Crippen molar-refractivity contribution in [2.24, 2.45) is 0 Å². The fourth-order valence-corrected chi connectivity index (χ4v) is 9.51. The molecule has 19 heteroatoms. The third-order valence-corrected chi connectivity index (χ3v) is 13.0. The number of nitrogens with one attached hydrogen (secondary N) is 2. The number of halogens is 2. The van der Waals surface area contributed by atoms with Crippen LogP contribution in [0.3, 0.4) is 0 Å². The van der Waals surface area contributed by atoms with Crippen molar-refractivity contribution >= 4 is 55.9 Å². The molecule has 5 heterocycles. The van der Waals surface area contributed by atoms with Crippen LogP contribution in [0.2, 0.25) is 0 Å². The summed E-state index contributed by atoms with van der Waals surface area (Å²) in [4.78, 5) is 61.5. The van der Waals surface area contributed by atoms with E-state index in [4.69, 9.17) is 4.74 Å². The van der Waals surface area contributed by atoms with Crippen molar-refractivity contribution in [1.82, 2.24) is 24.1 Å². The fourth-order valence-electron chi connectivity index (χ4n) is 8.23. The lowest BCUT2D eigenvalue weighted by Crippen LogP contribution is -2.52. The highest BCUT2D eigenvalue weighted by atomic mass is 32.2. The highest BCUT2D eigenvalue weighted by Gasteiger charge is 2.39. The third kappa shape index (κ3) is 7.48. The molecule has 1 aromatic heterocycles. The van der Waals surface area contributed by atoms with Crippen molar-refractivity contribution < 1.29 is 36.3 Å². The van der Waals surface area contributed by atoms with Crippen LogP contribution < -0.4 is 30.1 Å². The first-order valence-electron chi connectivity index (χ1n) is 19.6. The van der Waals surface area contributed by atoms with Crippen LogP contribution in [-0.2, 0) is 26.3 Å². The Balaban J connectivity index is 0.871. The van der Waals surface area contributed by atoms with E-state index in [1.807, 2.05) is 24.3 Å². The molecule has 3 saturated heterocycles. The fraction of sp³-hybridized carbons (Fsp3) is 0.286. The molecule has 4 aliphatic rings. The molecule has 0 spiro atoms. The first kappa shape index (κ1) is 39.5. The summed E-state index contributed by atoms with van der Waals surface area (Å²) in [6, 6.07) is 20.6. The number of imide groups is 1. The molecule has 1 unspecified atom stereocenters. The number of aromatic nitrogens is 2. The summed E-state index contributed by atoms with van der Waals surface area (Å²) in [6.07, 6.45) is 0.629. The molecule has 3 fully saturated rings. The predicted octanol–water partition coefficient (Wildman–Crippen LogP) is 3.98. The molecule has 16 nitrogen and oxygen atoms in total. The molecule has 2 N–H and O–H groups in total. The Morgan fingerprint density at radius 1 is 0.869 bits per heavy atom. The normalized spacial score (nSPS) is 19.6. The van der Waals surface area contributed by atoms with E-state index in [0.717, 1.165) is 33.4 Å². The number of piperazine rings is 1. The monoisotopic (exact) mass is 849 g/mol. The number of nitriles is 1. The van der Waals surface area contributed by atoms with E-state index in [2.05, 4.69) is 24.8 Å². The van der Waals surface area contributed by atoms with Gasteiger partial charge in [0, 0.05) is 69.2 Å². The third-order valence-electron chi connectivity index (χ3n) is 11.5. The Bertz CT molecular complexity index is 2840. The summed E-state index contributed by atoms with van der Waals surface area (Å²) < 4.78 is 65.0. The lowest BCUT2D eigenvalue weighted by Gasteiger charge is -2.37. The van der Waals surface area contributed by atoms with E-state index in [1.54, 1.807) is 29.2 Å². The van der Waals surface area contributed by atoms with Gasteiger partial charge in [-0.25, -0.2) is 13.8 Å². The van der Waals surface area contributed by atoms with Crippen LogP contribution in [0.5, 0.6) is 11.5 Å². The largest absolute Gasteiger partial charge is 0.453 e. The number of carbonyl (C=O) groups excluding carboxylic acids is 3. The van der Waals surface area contributed by atoms with E-state index < -0.39 is 51.0 Å². The molecule has 4 aromatic carbocycles. The molecule has 4 aliphatic heterocycles. The number of fused-ring (bicyclic) bond motifs is 2. The second-order valence-corrected chi connectivity index (χ2v) is 16.9. The van der Waals surface area contributed by atoms with Gasteiger partial charge in [-0.15, -0.1) is 0 Å². The highest BCUT2D eigenvalue weighted by Crippen LogP contribution is 2.35. The molecule has 0 radical (unpaired) electrons. The van der Waals surface area contributed by atoms with Gasteiger partial charge in [-0.1, -0.05) is 0 Å². The predicted molar refractivity (Wildman–Crippen MR) is 219 cm³/mol. The maximum Gasteiger partial charge on any atom is 0.301 e. The molecule has 0 bridgehead atoms. The van der Waals surface area contributed by atoms with Crippen LogP contribution in [0.25, 0.3) is 16.6 Å². The van der Waals surface area contributed by atoms with Gasteiger partial charge < -0.3 is 19.4 Å². The SMILES string of the molecule is N#Cc1c(NS(=O)(=O)N2CC[C@@H](F)C2)ccc(F)c1Oc1ccc2ncn(-c3ccc(N4CCN(c5ccc6c(c5)CN(C5CCC(=O)NC5=O)C6=O)CC4)cc3)c(=O)c2c1. The van der Waals surface area contributed by atoms with Gasteiger partial charge in [0.2, 0.25) is 11.8 Å². The second-order valence-electron chi connectivity index (χ2n) is 15.2. The minimum absolute atomic E-state index is 0.00330. The van der Waals surface area contributed by atoms with Crippen molar-refractivity contribution in [3.63, 3.8) is 0 Å². The standard InChI is InChI=1S/C42H37F2N9O7S/c43-26-13-14-51(23-26)61(58,59)48-36-10-8-34(44)39(33(36)21-45)60-30-6-9-35-32(20-30)42(57)53(24-46-35)28-3-1-27(2-4-28)49-15-17-50(18-16-49)29-5-7-31-25(19-29)22-52(41(31)56)37-11-12-38(54)47-40(37)55/h1-10,19-20,24,26,37,48H,11-18,22-23H2,(H,47,54,55)/t26-,37?/m1/s1. The summed E-state index contributed by atoms with van der Waals surface area (Å²) in [7, 11) is -4.25. The first-order chi connectivity index (χ1) is 29.4. The van der Waals surface area contributed by atoms with Crippen LogP contribution in [0.15, 0.2) is 83.9 Å². The van der Waals surface area contributed by atoms with Gasteiger partial charge >= 0.3 is 10.2 Å². The molecule has 9 rings (SSSR count). The van der Waals surface area contributed by atoms with Gasteiger partial charge in [0.25, 0.3) is 11.5 Å². The minimum Gasteiger partial charge on any atom is -0.453 e. The van der Waals surface area contributed by atoms with Crippen LogP contribution in [0, 0.1) is 17.1 Å². The van der Waals surface area contributed by atoms with E-state index in [-0.39, 0.29) is 54.6 Å². The van der Waals surface area contributed by atoms with Crippen LogP contribution in [0.4, 0.5) is 25.8 Å². The zero-order valence-corrected chi connectivity index (χ0v) is 33.2. The minimum atomic E-state index is -4.25. The Kier molecular flexibility index (Phi) is 10.1. The Morgan fingerprint density at radius 3 is 2.30 bits per heavy atom. The van der Waals surface area contributed by atoms with Gasteiger partial charge in [-0.3, -0.25) is 33.8 Å². The van der Waals surface area contributed by atoms with Gasteiger partial charge in [0.15, 0.2) is 11.6 Å². The number of nitrogens with zero attached hydrogens (tertiary/aromatic N) is 7. The number of rotatable bonds is 9. The quantitative estimate of drug-likeness (QED) is 0.204. The summed E-state index contributed by atoms with van der Waals surface area (Å²) in [5.74, 6) is -2.49. The van der Waals surface area contributed by atoms with E-state index in [0.29, 0.717) is 55.9 Å². The molecule has 5 aromatic rings. The molecule has 0 aliphatic carbocycles. The van der Waals surface area contributed by atoms with Gasteiger partial charge in [0.1, 0.15) is 35.9 Å². The Hall–Kier alpha value is -6.91. The highest BCUT2D eigenvalue weighted by molar-refractivity contribution is 7.90. The summed E-state index contributed by atoms with van der Waals surface area (Å²) in [6.45, 7) is 2.76. The van der Waals surface area contributed by atoms with E-state index in [1.165, 1.54) is 29.1 Å². The van der Waals surface area contributed by atoms with Gasteiger partial charge in [-0.05, 0) is 91.2 Å². The maximum absolute atomic E-state index is 15.1. The molecular weight excluding hydrogens is 813 g/mol. The smallest absolute Gasteiger partial charge is 0.301 e. The Labute approximate surface area is 347 Å². The van der Waals surface area contributed by atoms with Gasteiger partial charge in [0.05, 0.1) is 22.3 Å². The number of alkyl halides is 1. The molecule has 61 heavy (non-hydrogen) atoms. The lowest BCUT2D eigenvalue weighted by molar-refractivity contribution is -0.136. The number of piperidine rings is 1. The van der Waals surface area contributed by atoms with Crippen LogP contribution >= 0.6 is 0 Å². The summed E-state index contributed by atoms with van der Waals surface area (Å²) >= 11 is 0. The van der Waals surface area contributed by atoms with Gasteiger partial charge in [-0.2, -0.15) is 18.0 Å². The average Bonchev–Trinajstić information content (AvgIpc) is 3.85. The molecule has 312 valence electrons. The number of hydrogen-bond donors (Lipinski definition) is 2. The number of ether oxygens (including phenoxy) is 1. The Morgan fingerprint density at radius 2 is 1.59 bits per heavy atom. The lowest BCUT2D eigenvalue weighted by atomic mass is 10.0. The zero-order chi connectivity index (χ0) is 42.6. The van der Waals surface area contributed by atoms with Crippen LogP contribution in [-0.4, -0.2) is 96.4 Å². The van der Waals surface area contributed by atoms with Crippen molar-refractivity contribution in [1.29, 1.82) is 5.26 Å². The number of carbonyl (C=O) groups is 3. The number of amides is 3. The summed E-state index contributed by atoms with van der Waals surface area (Å²) in [5, 5.41) is 12.4. The van der Waals surface area contributed by atoms with E-state index in [9.17, 15) is 37.2 Å². The second kappa shape index (κ2) is 15.6. The van der Waals surface area contributed by atoms with Crippen molar-refractivity contribution in [3.8, 4) is 23.3 Å². The molecule has 2 atom stereocenters. The summed E-state index contributed by atoms with van der Waals surface area (Å²) in [5.41, 5.74) is 3.09. The van der Waals surface area contributed by atoms with Crippen molar-refractivity contribution in [2.75, 3.05) is 53.8 Å². The number of anilines is 3. The van der Waals surface area contributed by atoms with Crippen molar-refractivity contribution in [3.05, 3.63) is 112 Å². The molecular formula is C42H37F2N9O7S. The average molecular weight is 850 g/mol. The first-order valence-corrected chi connectivity index (χ1v) is 21.0. The van der Waals surface area contributed by atoms with Crippen molar-refractivity contribution in [2.45, 2.75) is 38.0 Å². The number of hydrogen-bond acceptors (Lipinski definition) is 11. The maximum atomic E-state index is 15.1. The molecule has 3 amide bonds. The van der Waals surface area contributed by atoms with Crippen LogP contribution in [0.1, 0.15) is 40.7 Å². The number of benzene rings is 4. The zero-order valence-electron chi connectivity index (χ0n) is 32.4. The topological polar surface area (TPSA) is 190 Å².